The van der Waals surface area contributed by atoms with E-state index in [2.05, 4.69) is 26.6 Å². The van der Waals surface area contributed by atoms with E-state index in [0.29, 0.717) is 18.7 Å². The minimum absolute atomic E-state index is 0.00716. The van der Waals surface area contributed by atoms with Gasteiger partial charge in [0.05, 0.1) is 13.1 Å². The molecule has 2 aromatic rings. The number of halogens is 1. The molecule has 0 aliphatic heterocycles. The molecule has 0 saturated carbocycles. The number of quaternary nitrogens is 1. The molecule has 2 rings (SSSR count). The Morgan fingerprint density at radius 2 is 1.77 bits per heavy atom. The van der Waals surface area contributed by atoms with Gasteiger partial charge in [-0.1, -0.05) is 46.3 Å². The molecule has 26 heavy (non-hydrogen) atoms. The predicted molar refractivity (Wildman–Crippen MR) is 106 cm³/mol. The van der Waals surface area contributed by atoms with Crippen molar-refractivity contribution in [3.8, 4) is 0 Å². The van der Waals surface area contributed by atoms with Gasteiger partial charge in [-0.25, -0.2) is 0 Å². The van der Waals surface area contributed by atoms with E-state index >= 15 is 0 Å². The molecule has 0 aromatic heterocycles. The third-order valence-corrected chi connectivity index (χ3v) is 4.88. The van der Waals surface area contributed by atoms with E-state index in [0.717, 1.165) is 20.5 Å². The SMILES string of the molecule is CNC(=O)c1ccc(C[NH+](C)CC(=O)N[C@@H](C)c2ccccc2Br)cc1. The number of benzene rings is 2. The fourth-order valence-corrected chi connectivity index (χ4v) is 3.43. The van der Waals surface area contributed by atoms with Crippen LogP contribution in [0.25, 0.3) is 0 Å². The van der Waals surface area contributed by atoms with Crippen LogP contribution >= 0.6 is 15.9 Å². The lowest BCUT2D eigenvalue weighted by Gasteiger charge is -2.18. The van der Waals surface area contributed by atoms with Gasteiger partial charge >= 0.3 is 0 Å². The van der Waals surface area contributed by atoms with E-state index in [1.807, 2.05) is 50.4 Å². The Kier molecular flexibility index (Phi) is 7.36. The molecule has 0 radical (unpaired) electrons. The summed E-state index contributed by atoms with van der Waals surface area (Å²) in [5, 5.41) is 5.65. The molecule has 0 bridgehead atoms. The lowest BCUT2D eigenvalue weighted by atomic mass is 10.1. The van der Waals surface area contributed by atoms with E-state index in [1.54, 1.807) is 19.2 Å². The maximum atomic E-state index is 12.3. The van der Waals surface area contributed by atoms with Crippen molar-refractivity contribution in [2.75, 3.05) is 20.6 Å². The highest BCUT2D eigenvalue weighted by molar-refractivity contribution is 9.10. The van der Waals surface area contributed by atoms with E-state index in [1.165, 1.54) is 0 Å². The van der Waals surface area contributed by atoms with Crippen LogP contribution in [0.4, 0.5) is 0 Å². The lowest BCUT2D eigenvalue weighted by Crippen LogP contribution is -3.08. The Morgan fingerprint density at radius 1 is 1.12 bits per heavy atom. The van der Waals surface area contributed by atoms with Crippen LogP contribution in [0.1, 0.15) is 34.5 Å². The Balaban J connectivity index is 1.87. The van der Waals surface area contributed by atoms with Crippen LogP contribution in [0.2, 0.25) is 0 Å². The van der Waals surface area contributed by atoms with Gasteiger partial charge in [0.1, 0.15) is 6.54 Å². The Morgan fingerprint density at radius 3 is 2.38 bits per heavy atom. The number of nitrogens with one attached hydrogen (secondary N) is 3. The molecule has 5 nitrogen and oxygen atoms in total. The standard InChI is InChI=1S/C20H24BrN3O2/c1-14(17-6-4-5-7-18(17)21)23-19(25)13-24(3)12-15-8-10-16(11-9-15)20(26)22-2/h4-11,14H,12-13H2,1-3H3,(H,22,26)(H,23,25)/p+1/t14-/m0/s1. The van der Waals surface area contributed by atoms with Crippen molar-refractivity contribution in [3.05, 3.63) is 69.7 Å². The molecule has 0 spiro atoms. The van der Waals surface area contributed by atoms with Crippen LogP contribution in [0.5, 0.6) is 0 Å². The maximum absolute atomic E-state index is 12.3. The van der Waals surface area contributed by atoms with Crippen LogP contribution in [0.15, 0.2) is 53.0 Å². The van der Waals surface area contributed by atoms with E-state index in [9.17, 15) is 9.59 Å². The summed E-state index contributed by atoms with van der Waals surface area (Å²) < 4.78 is 0.990. The first kappa shape index (κ1) is 20.1. The fourth-order valence-electron chi connectivity index (χ4n) is 2.80. The summed E-state index contributed by atoms with van der Waals surface area (Å²) in [4.78, 5) is 25.0. The van der Waals surface area contributed by atoms with Crippen LogP contribution < -0.4 is 15.5 Å². The van der Waals surface area contributed by atoms with Gasteiger partial charge in [0, 0.05) is 22.6 Å². The van der Waals surface area contributed by atoms with Crippen molar-refractivity contribution < 1.29 is 14.5 Å². The van der Waals surface area contributed by atoms with Gasteiger partial charge in [0.15, 0.2) is 6.54 Å². The van der Waals surface area contributed by atoms with Gasteiger partial charge in [-0.2, -0.15) is 0 Å². The van der Waals surface area contributed by atoms with E-state index in [-0.39, 0.29) is 17.9 Å². The lowest BCUT2D eigenvalue weighted by molar-refractivity contribution is -0.885. The van der Waals surface area contributed by atoms with Crippen molar-refractivity contribution in [1.29, 1.82) is 0 Å². The summed E-state index contributed by atoms with van der Waals surface area (Å²) >= 11 is 3.52. The van der Waals surface area contributed by atoms with Crippen LogP contribution in [-0.2, 0) is 11.3 Å². The monoisotopic (exact) mass is 418 g/mol. The van der Waals surface area contributed by atoms with Gasteiger partial charge in [0.25, 0.3) is 11.8 Å². The fraction of sp³-hybridized carbons (Fsp3) is 0.300. The summed E-state index contributed by atoms with van der Waals surface area (Å²) in [5.74, 6) is -0.0922. The maximum Gasteiger partial charge on any atom is 0.275 e. The topological polar surface area (TPSA) is 62.6 Å². The number of likely N-dealkylation sites (N-methyl/N-ethyl adjacent to an activating group) is 1. The average Bonchev–Trinajstić information content (AvgIpc) is 2.61. The first-order valence-corrected chi connectivity index (χ1v) is 9.36. The Bertz CT molecular complexity index is 762. The first-order chi connectivity index (χ1) is 12.4. The normalized spacial score (nSPS) is 12.9. The molecule has 0 heterocycles. The van der Waals surface area contributed by atoms with Crippen molar-refractivity contribution >= 4 is 27.7 Å². The Hall–Kier alpha value is -2.18. The van der Waals surface area contributed by atoms with Gasteiger partial charge in [0.2, 0.25) is 0 Å². The number of carbonyl (C=O) groups excluding carboxylic acids is 2. The summed E-state index contributed by atoms with van der Waals surface area (Å²) in [6, 6.07) is 15.3. The quantitative estimate of drug-likeness (QED) is 0.640. The van der Waals surface area contributed by atoms with Gasteiger partial charge < -0.3 is 15.5 Å². The second-order valence-electron chi connectivity index (χ2n) is 6.40. The molecular weight excluding hydrogens is 394 g/mol. The van der Waals surface area contributed by atoms with Crippen molar-refractivity contribution in [1.82, 2.24) is 10.6 Å². The largest absolute Gasteiger partial charge is 0.355 e. The smallest absolute Gasteiger partial charge is 0.275 e. The molecule has 2 aromatic carbocycles. The second-order valence-corrected chi connectivity index (χ2v) is 7.25. The highest BCUT2D eigenvalue weighted by Crippen LogP contribution is 2.22. The zero-order valence-corrected chi connectivity index (χ0v) is 16.9. The highest BCUT2D eigenvalue weighted by Gasteiger charge is 2.15. The molecule has 3 N–H and O–H groups in total. The van der Waals surface area contributed by atoms with Crippen LogP contribution in [0.3, 0.4) is 0 Å². The third kappa shape index (κ3) is 5.68. The summed E-state index contributed by atoms with van der Waals surface area (Å²) in [6.45, 7) is 3.07. The van der Waals surface area contributed by atoms with Gasteiger partial charge in [-0.15, -0.1) is 0 Å². The van der Waals surface area contributed by atoms with Crippen LogP contribution in [0, 0.1) is 0 Å². The van der Waals surface area contributed by atoms with Gasteiger partial charge in [-0.3, -0.25) is 9.59 Å². The Labute approximate surface area is 162 Å². The molecular formula is C20H25BrN3O2+. The van der Waals surface area contributed by atoms with E-state index < -0.39 is 0 Å². The van der Waals surface area contributed by atoms with Crippen molar-refractivity contribution in [2.45, 2.75) is 19.5 Å². The molecule has 1 unspecified atom stereocenters. The third-order valence-electron chi connectivity index (χ3n) is 4.16. The zero-order chi connectivity index (χ0) is 19.1. The average molecular weight is 419 g/mol. The molecule has 2 atom stereocenters. The molecule has 0 fully saturated rings. The van der Waals surface area contributed by atoms with Crippen LogP contribution in [-0.4, -0.2) is 32.5 Å². The first-order valence-electron chi connectivity index (χ1n) is 8.56. The minimum Gasteiger partial charge on any atom is -0.355 e. The summed E-state index contributed by atoms with van der Waals surface area (Å²) in [5.41, 5.74) is 2.78. The van der Waals surface area contributed by atoms with Crippen molar-refractivity contribution in [3.63, 3.8) is 0 Å². The summed E-state index contributed by atoms with van der Waals surface area (Å²) in [6.07, 6.45) is 0. The number of rotatable bonds is 7. The van der Waals surface area contributed by atoms with E-state index in [4.69, 9.17) is 0 Å². The number of hydrogen-bond donors (Lipinski definition) is 3. The molecule has 0 aliphatic carbocycles. The molecule has 0 saturated heterocycles. The highest BCUT2D eigenvalue weighted by atomic mass is 79.9. The number of carbonyl (C=O) groups is 2. The van der Waals surface area contributed by atoms with Gasteiger partial charge in [-0.05, 0) is 30.7 Å². The molecule has 6 heteroatoms. The summed E-state index contributed by atoms with van der Waals surface area (Å²) in [7, 11) is 3.59. The predicted octanol–water partition coefficient (Wildman–Crippen LogP) is 1.70. The number of amides is 2. The molecule has 138 valence electrons. The minimum atomic E-state index is -0.0994. The van der Waals surface area contributed by atoms with Crippen molar-refractivity contribution in [2.24, 2.45) is 0 Å². The number of hydrogen-bond acceptors (Lipinski definition) is 2. The molecule has 0 aliphatic rings. The zero-order valence-electron chi connectivity index (χ0n) is 15.3. The molecule has 2 amide bonds. The second kappa shape index (κ2) is 9.50.